The topological polar surface area (TPSA) is 73.1 Å². The van der Waals surface area contributed by atoms with Crippen LogP contribution in [-0.4, -0.2) is 25.3 Å². The molecule has 0 fully saturated rings. The molecule has 7 heteroatoms. The Morgan fingerprint density at radius 3 is 2.71 bits per heavy atom. The van der Waals surface area contributed by atoms with Gasteiger partial charge in [0, 0.05) is 10.9 Å². The third-order valence-electron chi connectivity index (χ3n) is 4.03. The number of halogens is 1. The number of carbonyl (C=O) groups excluding carboxylic acids is 1. The van der Waals surface area contributed by atoms with Gasteiger partial charge in [-0.2, -0.15) is 5.10 Å². The number of carbonyl (C=O) groups is 1. The molecule has 2 aromatic carbocycles. The van der Waals surface area contributed by atoms with Gasteiger partial charge in [0.1, 0.15) is 5.58 Å². The minimum Gasteiger partial charge on any atom is -0.493 e. The van der Waals surface area contributed by atoms with Crippen molar-refractivity contribution in [2.24, 2.45) is 5.10 Å². The van der Waals surface area contributed by atoms with Crippen molar-refractivity contribution in [3.05, 3.63) is 57.8 Å². The van der Waals surface area contributed by atoms with E-state index in [4.69, 9.17) is 13.9 Å². The number of aryl methyl sites for hydroxylation is 1. The van der Waals surface area contributed by atoms with Crippen molar-refractivity contribution in [2.45, 2.75) is 26.9 Å². The van der Waals surface area contributed by atoms with Crippen LogP contribution in [0.3, 0.4) is 0 Å². The van der Waals surface area contributed by atoms with E-state index in [9.17, 15) is 4.79 Å². The Kier molecular flexibility index (Phi) is 6.04. The quantitative estimate of drug-likeness (QED) is 0.425. The average molecular weight is 445 g/mol. The predicted octanol–water partition coefficient (Wildman–Crippen LogP) is 5.06. The zero-order valence-electron chi connectivity index (χ0n) is 16.1. The zero-order chi connectivity index (χ0) is 20.3. The number of amides is 1. The lowest BCUT2D eigenvalue weighted by atomic mass is 10.1. The Balaban J connectivity index is 1.77. The molecule has 3 aromatic rings. The van der Waals surface area contributed by atoms with E-state index in [-0.39, 0.29) is 11.9 Å². The van der Waals surface area contributed by atoms with Crippen LogP contribution in [0.2, 0.25) is 0 Å². The Morgan fingerprint density at radius 1 is 1.29 bits per heavy atom. The Labute approximate surface area is 171 Å². The first-order valence-corrected chi connectivity index (χ1v) is 9.55. The van der Waals surface area contributed by atoms with Gasteiger partial charge in [-0.25, -0.2) is 5.43 Å². The summed E-state index contributed by atoms with van der Waals surface area (Å²) in [6.45, 7) is 5.73. The normalized spacial score (nSPS) is 11.4. The smallest absolute Gasteiger partial charge is 0.307 e. The van der Waals surface area contributed by atoms with Gasteiger partial charge in [0.15, 0.2) is 17.3 Å². The first kappa shape index (κ1) is 19.9. The highest BCUT2D eigenvalue weighted by Crippen LogP contribution is 2.37. The number of nitrogens with zero attached hydrogens (tertiary/aromatic N) is 1. The van der Waals surface area contributed by atoms with Crippen molar-refractivity contribution in [1.29, 1.82) is 0 Å². The molecule has 0 radical (unpaired) electrons. The molecular formula is C21H21BrN2O4. The Bertz CT molecular complexity index is 1040. The van der Waals surface area contributed by atoms with Gasteiger partial charge in [-0.05, 0) is 60.5 Å². The maximum Gasteiger partial charge on any atom is 0.307 e. The molecule has 0 saturated heterocycles. The molecule has 0 unspecified atom stereocenters. The van der Waals surface area contributed by atoms with Crippen LogP contribution >= 0.6 is 15.9 Å². The number of rotatable bonds is 6. The summed E-state index contributed by atoms with van der Waals surface area (Å²) < 4.78 is 17.5. The summed E-state index contributed by atoms with van der Waals surface area (Å²) in [7, 11) is 1.57. The van der Waals surface area contributed by atoms with E-state index in [1.54, 1.807) is 13.2 Å². The van der Waals surface area contributed by atoms with E-state index in [1.165, 1.54) is 6.21 Å². The molecule has 1 amide bonds. The van der Waals surface area contributed by atoms with Crippen molar-refractivity contribution in [1.82, 2.24) is 5.43 Å². The van der Waals surface area contributed by atoms with E-state index in [2.05, 4.69) is 26.5 Å². The Hall–Kier alpha value is -2.80. The van der Waals surface area contributed by atoms with Gasteiger partial charge < -0.3 is 13.9 Å². The van der Waals surface area contributed by atoms with E-state index in [0.29, 0.717) is 17.1 Å². The molecule has 28 heavy (non-hydrogen) atoms. The van der Waals surface area contributed by atoms with Crippen LogP contribution in [0.5, 0.6) is 11.5 Å². The van der Waals surface area contributed by atoms with Crippen LogP contribution in [-0.2, 0) is 0 Å². The molecule has 6 nitrogen and oxygen atoms in total. The number of hydrogen-bond acceptors (Lipinski definition) is 5. The monoisotopic (exact) mass is 444 g/mol. The van der Waals surface area contributed by atoms with Crippen molar-refractivity contribution in [2.75, 3.05) is 7.11 Å². The minimum atomic E-state index is -0.407. The molecule has 0 spiro atoms. The molecule has 3 rings (SSSR count). The number of benzene rings is 2. The van der Waals surface area contributed by atoms with Crippen LogP contribution in [0.4, 0.5) is 0 Å². The van der Waals surface area contributed by atoms with E-state index < -0.39 is 5.91 Å². The van der Waals surface area contributed by atoms with E-state index >= 15 is 0 Å². The fourth-order valence-electron chi connectivity index (χ4n) is 2.77. The number of hydrazone groups is 1. The lowest BCUT2D eigenvalue weighted by Crippen LogP contribution is -2.17. The van der Waals surface area contributed by atoms with Gasteiger partial charge in [-0.15, -0.1) is 0 Å². The van der Waals surface area contributed by atoms with Gasteiger partial charge in [0.25, 0.3) is 0 Å². The second-order valence-electron chi connectivity index (χ2n) is 6.45. The number of methoxy groups -OCH3 is 1. The van der Waals surface area contributed by atoms with E-state index in [1.807, 2.05) is 51.1 Å². The number of fused-ring (bicyclic) bond motifs is 1. The number of furan rings is 1. The molecule has 0 atom stereocenters. The summed E-state index contributed by atoms with van der Waals surface area (Å²) in [5.74, 6) is 1.04. The number of nitrogens with one attached hydrogen (secondary N) is 1. The first-order valence-electron chi connectivity index (χ1n) is 8.76. The Morgan fingerprint density at radius 2 is 2.04 bits per heavy atom. The summed E-state index contributed by atoms with van der Waals surface area (Å²) in [6, 6.07) is 11.1. The van der Waals surface area contributed by atoms with Gasteiger partial charge in [-0.3, -0.25) is 4.79 Å². The average Bonchev–Trinajstić information content (AvgIpc) is 3.00. The lowest BCUT2D eigenvalue weighted by molar-refractivity contribution is 0.0929. The SMILES string of the molecule is COc1cc(/C=N\NC(=O)c2oc3ccccc3c2C)cc(Br)c1OC(C)C. The minimum absolute atomic E-state index is 0.0102. The molecular weight excluding hydrogens is 424 g/mol. The molecule has 1 N–H and O–H groups in total. The molecule has 146 valence electrons. The molecule has 0 aliphatic carbocycles. The van der Waals surface area contributed by atoms with Crippen LogP contribution in [0.1, 0.15) is 35.5 Å². The second-order valence-corrected chi connectivity index (χ2v) is 7.31. The summed E-state index contributed by atoms with van der Waals surface area (Å²) in [4.78, 5) is 12.4. The molecule has 0 aliphatic heterocycles. The molecule has 0 bridgehead atoms. The third kappa shape index (κ3) is 4.20. The van der Waals surface area contributed by atoms with Crippen molar-refractivity contribution >= 4 is 39.0 Å². The van der Waals surface area contributed by atoms with Gasteiger partial charge in [0.2, 0.25) is 0 Å². The number of ether oxygens (including phenoxy) is 2. The maximum absolute atomic E-state index is 12.4. The predicted molar refractivity (Wildman–Crippen MR) is 112 cm³/mol. The second kappa shape index (κ2) is 8.48. The van der Waals surface area contributed by atoms with Gasteiger partial charge in [0.05, 0.1) is 23.9 Å². The molecule has 1 heterocycles. The van der Waals surface area contributed by atoms with Crippen molar-refractivity contribution in [3.8, 4) is 11.5 Å². The lowest BCUT2D eigenvalue weighted by Gasteiger charge is -2.15. The van der Waals surface area contributed by atoms with Gasteiger partial charge >= 0.3 is 5.91 Å². The zero-order valence-corrected chi connectivity index (χ0v) is 17.7. The van der Waals surface area contributed by atoms with Crippen LogP contribution in [0.25, 0.3) is 11.0 Å². The van der Waals surface area contributed by atoms with Crippen molar-refractivity contribution < 1.29 is 18.7 Å². The molecule has 1 aromatic heterocycles. The van der Waals surface area contributed by atoms with E-state index in [0.717, 1.165) is 21.0 Å². The highest BCUT2D eigenvalue weighted by atomic mass is 79.9. The third-order valence-corrected chi connectivity index (χ3v) is 4.62. The fraction of sp³-hybridized carbons (Fsp3) is 0.238. The number of hydrogen-bond donors (Lipinski definition) is 1. The van der Waals surface area contributed by atoms with Crippen LogP contribution in [0, 0.1) is 6.92 Å². The standard InChI is InChI=1S/C21H21BrN2O4/c1-12(2)27-20-16(22)9-14(10-18(20)26-4)11-23-24-21(25)19-13(3)15-7-5-6-8-17(15)28-19/h5-12H,1-4H3,(H,24,25)/b23-11-. The highest BCUT2D eigenvalue weighted by Gasteiger charge is 2.17. The molecule has 0 saturated carbocycles. The maximum atomic E-state index is 12.4. The summed E-state index contributed by atoms with van der Waals surface area (Å²) >= 11 is 3.48. The van der Waals surface area contributed by atoms with Gasteiger partial charge in [-0.1, -0.05) is 18.2 Å². The number of para-hydroxylation sites is 1. The van der Waals surface area contributed by atoms with Crippen LogP contribution < -0.4 is 14.9 Å². The summed E-state index contributed by atoms with van der Waals surface area (Å²) in [6.07, 6.45) is 1.54. The fourth-order valence-corrected chi connectivity index (χ4v) is 3.32. The largest absolute Gasteiger partial charge is 0.493 e. The molecule has 0 aliphatic rings. The van der Waals surface area contributed by atoms with Crippen LogP contribution in [0.15, 0.2) is 50.4 Å². The highest BCUT2D eigenvalue weighted by molar-refractivity contribution is 9.10. The first-order chi connectivity index (χ1) is 13.4. The summed E-state index contributed by atoms with van der Waals surface area (Å²) in [5.41, 5.74) is 4.69. The van der Waals surface area contributed by atoms with Crippen molar-refractivity contribution in [3.63, 3.8) is 0 Å². The summed E-state index contributed by atoms with van der Waals surface area (Å²) in [5, 5.41) is 4.94.